The van der Waals surface area contributed by atoms with Gasteiger partial charge in [-0.05, 0) is 37.7 Å². The molecule has 5 heteroatoms. The molecule has 0 radical (unpaired) electrons. The zero-order valence-corrected chi connectivity index (χ0v) is 10.7. The smallest absolute Gasteiger partial charge is 0.257 e. The van der Waals surface area contributed by atoms with Gasteiger partial charge in [-0.15, -0.1) is 0 Å². The zero-order chi connectivity index (χ0) is 12.8. The molecule has 0 aliphatic rings. The third-order valence-electron chi connectivity index (χ3n) is 2.17. The van der Waals surface area contributed by atoms with Crippen LogP contribution in [0, 0.1) is 6.92 Å². The molecule has 4 nitrogen and oxygen atoms in total. The van der Waals surface area contributed by atoms with Crippen LogP contribution < -0.4 is 10.6 Å². The Morgan fingerprint density at radius 3 is 2.71 bits per heavy atom. The normalized spacial score (nSPS) is 11.7. The van der Waals surface area contributed by atoms with Gasteiger partial charge in [0.1, 0.15) is 0 Å². The van der Waals surface area contributed by atoms with Crippen molar-refractivity contribution < 1.29 is 9.90 Å². The monoisotopic (exact) mass is 252 g/mol. The van der Waals surface area contributed by atoms with Crippen LogP contribution >= 0.6 is 12.2 Å². The number of carbonyl (C=O) groups excluding carboxylic acids is 1. The molecule has 1 unspecified atom stereocenters. The molecule has 0 aliphatic heterocycles. The maximum Gasteiger partial charge on any atom is 0.257 e. The number of nitrogens with one attached hydrogen (secondary N) is 2. The Labute approximate surface area is 106 Å². The summed E-state index contributed by atoms with van der Waals surface area (Å²) in [5, 5.41) is 14.6. The number of aryl methyl sites for hydroxylation is 1. The van der Waals surface area contributed by atoms with E-state index in [0.29, 0.717) is 12.1 Å². The quantitative estimate of drug-likeness (QED) is 0.702. The fourth-order valence-corrected chi connectivity index (χ4v) is 1.46. The van der Waals surface area contributed by atoms with Crippen LogP contribution in [0.25, 0.3) is 0 Å². The van der Waals surface area contributed by atoms with Gasteiger partial charge in [0, 0.05) is 12.1 Å². The summed E-state index contributed by atoms with van der Waals surface area (Å²) in [5.74, 6) is -0.244. The standard InChI is InChI=1S/C12H16N2O2S/c1-8-5-3-4-6-10(8)11(16)14-12(17)13-7-9(2)15/h3-6,9,15H,7H2,1-2H3,(H2,13,14,16,17). The summed E-state index contributed by atoms with van der Waals surface area (Å²) in [6, 6.07) is 7.27. The average molecular weight is 252 g/mol. The second-order valence-corrected chi connectivity index (χ2v) is 4.24. The lowest BCUT2D eigenvalue weighted by Crippen LogP contribution is -2.42. The molecule has 3 N–H and O–H groups in total. The van der Waals surface area contributed by atoms with Crippen molar-refractivity contribution in [1.29, 1.82) is 0 Å². The van der Waals surface area contributed by atoms with E-state index in [4.69, 9.17) is 17.3 Å². The number of hydrogen-bond donors (Lipinski definition) is 3. The van der Waals surface area contributed by atoms with Crippen molar-refractivity contribution in [3.8, 4) is 0 Å². The molecule has 0 bridgehead atoms. The minimum Gasteiger partial charge on any atom is -0.392 e. The van der Waals surface area contributed by atoms with E-state index in [1.165, 1.54) is 0 Å². The van der Waals surface area contributed by atoms with Crippen molar-refractivity contribution >= 4 is 23.2 Å². The highest BCUT2D eigenvalue weighted by molar-refractivity contribution is 7.80. The fourth-order valence-electron chi connectivity index (χ4n) is 1.28. The SMILES string of the molecule is Cc1ccccc1C(=O)NC(=S)NCC(C)O. The molecule has 0 heterocycles. The van der Waals surface area contributed by atoms with Crippen molar-refractivity contribution in [2.24, 2.45) is 0 Å². The van der Waals surface area contributed by atoms with Crippen LogP contribution in [0.15, 0.2) is 24.3 Å². The van der Waals surface area contributed by atoms with Crippen LogP contribution in [0.3, 0.4) is 0 Å². The summed E-state index contributed by atoms with van der Waals surface area (Å²) in [5.41, 5.74) is 1.48. The van der Waals surface area contributed by atoms with E-state index in [2.05, 4.69) is 10.6 Å². The molecular weight excluding hydrogens is 236 g/mol. The van der Waals surface area contributed by atoms with Crippen LogP contribution in [0.1, 0.15) is 22.8 Å². The first-order valence-electron chi connectivity index (χ1n) is 5.33. The Morgan fingerprint density at radius 1 is 1.47 bits per heavy atom. The van der Waals surface area contributed by atoms with Crippen LogP contribution in [0.4, 0.5) is 0 Å². The van der Waals surface area contributed by atoms with Gasteiger partial charge in [0.2, 0.25) is 0 Å². The highest BCUT2D eigenvalue weighted by Gasteiger charge is 2.09. The summed E-state index contributed by atoms with van der Waals surface area (Å²) < 4.78 is 0. The van der Waals surface area contributed by atoms with Gasteiger partial charge < -0.3 is 10.4 Å². The van der Waals surface area contributed by atoms with E-state index in [-0.39, 0.29) is 11.0 Å². The van der Waals surface area contributed by atoms with Gasteiger partial charge in [-0.3, -0.25) is 10.1 Å². The number of rotatable bonds is 3. The molecule has 1 aromatic rings. The Kier molecular flexibility index (Phi) is 5.06. The first kappa shape index (κ1) is 13.6. The third kappa shape index (κ3) is 4.50. The van der Waals surface area contributed by atoms with Crippen LogP contribution in [0.5, 0.6) is 0 Å². The van der Waals surface area contributed by atoms with Crippen molar-refractivity contribution in [3.05, 3.63) is 35.4 Å². The highest BCUT2D eigenvalue weighted by atomic mass is 32.1. The van der Waals surface area contributed by atoms with Gasteiger partial charge in [0.05, 0.1) is 6.10 Å². The first-order chi connectivity index (χ1) is 8.00. The molecule has 0 saturated heterocycles. The van der Waals surface area contributed by atoms with Gasteiger partial charge in [0.15, 0.2) is 5.11 Å². The molecule has 0 spiro atoms. The molecule has 1 amide bonds. The predicted molar refractivity (Wildman–Crippen MR) is 70.9 cm³/mol. The minimum absolute atomic E-state index is 0.221. The van der Waals surface area contributed by atoms with Crippen molar-refractivity contribution in [3.63, 3.8) is 0 Å². The molecule has 0 saturated carbocycles. The largest absolute Gasteiger partial charge is 0.392 e. The number of aliphatic hydroxyl groups is 1. The van der Waals surface area contributed by atoms with E-state index in [1.807, 2.05) is 19.1 Å². The second-order valence-electron chi connectivity index (χ2n) is 3.83. The number of thiocarbonyl (C=S) groups is 1. The third-order valence-corrected chi connectivity index (χ3v) is 2.42. The van der Waals surface area contributed by atoms with Crippen molar-refractivity contribution in [2.75, 3.05) is 6.54 Å². The summed E-state index contributed by atoms with van der Waals surface area (Å²) in [6.07, 6.45) is -0.511. The molecule has 0 aromatic heterocycles. The summed E-state index contributed by atoms with van der Waals surface area (Å²) in [4.78, 5) is 11.8. The van der Waals surface area contributed by atoms with E-state index in [9.17, 15) is 4.79 Å². The minimum atomic E-state index is -0.511. The van der Waals surface area contributed by atoms with Gasteiger partial charge in [-0.1, -0.05) is 18.2 Å². The van der Waals surface area contributed by atoms with E-state index >= 15 is 0 Å². The molecular formula is C12H16N2O2S. The van der Waals surface area contributed by atoms with Crippen LogP contribution in [-0.2, 0) is 0 Å². The van der Waals surface area contributed by atoms with E-state index in [1.54, 1.807) is 19.1 Å². The lowest BCUT2D eigenvalue weighted by molar-refractivity contribution is 0.0975. The maximum absolute atomic E-state index is 11.8. The zero-order valence-electron chi connectivity index (χ0n) is 9.86. The van der Waals surface area contributed by atoms with Gasteiger partial charge in [-0.2, -0.15) is 0 Å². The number of benzene rings is 1. The van der Waals surface area contributed by atoms with Gasteiger partial charge in [-0.25, -0.2) is 0 Å². The average Bonchev–Trinajstić information content (AvgIpc) is 2.26. The maximum atomic E-state index is 11.8. The van der Waals surface area contributed by atoms with Gasteiger partial charge in [0.25, 0.3) is 5.91 Å². The molecule has 0 aliphatic carbocycles. The van der Waals surface area contributed by atoms with Crippen LogP contribution in [0.2, 0.25) is 0 Å². The molecule has 1 rings (SSSR count). The highest BCUT2D eigenvalue weighted by Crippen LogP contribution is 2.06. The van der Waals surface area contributed by atoms with Crippen molar-refractivity contribution in [1.82, 2.24) is 10.6 Å². The Bertz CT molecular complexity index is 419. The fraction of sp³-hybridized carbons (Fsp3) is 0.333. The summed E-state index contributed by atoms with van der Waals surface area (Å²) in [6.45, 7) is 3.81. The van der Waals surface area contributed by atoms with Crippen molar-refractivity contribution in [2.45, 2.75) is 20.0 Å². The summed E-state index contributed by atoms with van der Waals surface area (Å²) in [7, 11) is 0. The lowest BCUT2D eigenvalue weighted by Gasteiger charge is -2.11. The second kappa shape index (κ2) is 6.32. The number of carbonyl (C=O) groups is 1. The topological polar surface area (TPSA) is 61.4 Å². The predicted octanol–water partition coefficient (Wildman–Crippen LogP) is 0.980. The first-order valence-corrected chi connectivity index (χ1v) is 5.74. The van der Waals surface area contributed by atoms with Gasteiger partial charge >= 0.3 is 0 Å². The Hall–Kier alpha value is -1.46. The molecule has 92 valence electrons. The number of hydrogen-bond acceptors (Lipinski definition) is 3. The van der Waals surface area contributed by atoms with E-state index in [0.717, 1.165) is 5.56 Å². The summed E-state index contributed by atoms with van der Waals surface area (Å²) >= 11 is 4.94. The lowest BCUT2D eigenvalue weighted by atomic mass is 10.1. The molecule has 17 heavy (non-hydrogen) atoms. The van der Waals surface area contributed by atoms with E-state index < -0.39 is 6.10 Å². The molecule has 0 fully saturated rings. The number of amides is 1. The number of aliphatic hydroxyl groups excluding tert-OH is 1. The Morgan fingerprint density at radius 2 is 2.12 bits per heavy atom. The van der Waals surface area contributed by atoms with Crippen LogP contribution in [-0.4, -0.2) is 28.8 Å². The Balaban J connectivity index is 2.55. The molecule has 1 atom stereocenters. The molecule has 1 aromatic carbocycles.